The Hall–Kier alpha value is -1.74. The van der Waals surface area contributed by atoms with Gasteiger partial charge >= 0.3 is 0 Å². The summed E-state index contributed by atoms with van der Waals surface area (Å²) in [5.41, 5.74) is 3.14. The number of nitrogens with zero attached hydrogens (tertiary/aromatic N) is 2. The van der Waals surface area contributed by atoms with Crippen molar-refractivity contribution in [1.82, 2.24) is 9.46 Å². The molecule has 7 nitrogen and oxygen atoms in total. The Morgan fingerprint density at radius 3 is 2.33 bits per heavy atom. The minimum atomic E-state index is -3.62. The molecule has 8 heteroatoms. The minimum Gasteiger partial charge on any atom is -0.356 e. The molecule has 0 atom stereocenters. The molecule has 1 aromatic carbocycles. The van der Waals surface area contributed by atoms with Gasteiger partial charge in [-0.25, -0.2) is 8.42 Å². The molecule has 0 aliphatic carbocycles. The minimum absolute atomic E-state index is 0.303. The zero-order valence-electron chi connectivity index (χ0n) is 15.8. The normalized spacial score (nSPS) is 20.4. The number of piperidine rings is 1. The number of ether oxygens (including phenoxy) is 2. The monoisotopic (exact) mass is 392 g/mol. The van der Waals surface area contributed by atoms with E-state index in [0.717, 1.165) is 11.3 Å². The first-order valence-electron chi connectivity index (χ1n) is 9.14. The fourth-order valence-electron chi connectivity index (χ4n) is 3.70. The zero-order chi connectivity index (χ0) is 19.2. The summed E-state index contributed by atoms with van der Waals surface area (Å²) in [6, 6.07) is 5.37. The highest BCUT2D eigenvalue weighted by molar-refractivity contribution is 7.89. The number of sulfonamides is 1. The predicted molar refractivity (Wildman–Crippen MR) is 98.8 cm³/mol. The van der Waals surface area contributed by atoms with E-state index in [9.17, 15) is 8.42 Å². The second kappa shape index (κ2) is 6.70. The van der Waals surface area contributed by atoms with Crippen LogP contribution in [0.15, 0.2) is 27.6 Å². The molecule has 4 rings (SSSR count). The lowest BCUT2D eigenvalue weighted by molar-refractivity contribution is -0.179. The van der Waals surface area contributed by atoms with Crippen LogP contribution in [0.4, 0.5) is 0 Å². The van der Waals surface area contributed by atoms with Crippen LogP contribution in [-0.4, -0.2) is 50.0 Å². The number of aromatic nitrogens is 1. The van der Waals surface area contributed by atoms with Crippen LogP contribution in [0, 0.1) is 20.8 Å². The van der Waals surface area contributed by atoms with Gasteiger partial charge in [-0.05, 0) is 32.4 Å². The Morgan fingerprint density at radius 2 is 1.74 bits per heavy atom. The molecule has 2 aromatic rings. The second-order valence-corrected chi connectivity index (χ2v) is 9.12. The third-order valence-corrected chi connectivity index (χ3v) is 7.56. The van der Waals surface area contributed by atoms with Gasteiger partial charge in [0.15, 0.2) is 11.5 Å². The maximum absolute atomic E-state index is 13.3. The summed E-state index contributed by atoms with van der Waals surface area (Å²) in [4.78, 5) is 0.303. The summed E-state index contributed by atoms with van der Waals surface area (Å²) < 4.78 is 44.9. The van der Waals surface area contributed by atoms with Gasteiger partial charge < -0.3 is 14.0 Å². The number of hydrogen-bond acceptors (Lipinski definition) is 6. The number of hydrogen-bond donors (Lipinski definition) is 0. The molecule has 0 N–H and O–H groups in total. The molecule has 3 heterocycles. The Morgan fingerprint density at radius 1 is 1.07 bits per heavy atom. The molecule has 0 radical (unpaired) electrons. The fourth-order valence-corrected chi connectivity index (χ4v) is 5.39. The van der Waals surface area contributed by atoms with E-state index in [1.54, 1.807) is 6.07 Å². The van der Waals surface area contributed by atoms with Gasteiger partial charge in [0.1, 0.15) is 0 Å². The van der Waals surface area contributed by atoms with Crippen LogP contribution in [0.2, 0.25) is 0 Å². The van der Waals surface area contributed by atoms with Crippen molar-refractivity contribution in [1.29, 1.82) is 0 Å². The van der Waals surface area contributed by atoms with Gasteiger partial charge in [0.2, 0.25) is 10.0 Å². The van der Waals surface area contributed by atoms with Crippen molar-refractivity contribution in [2.24, 2.45) is 0 Å². The Kier molecular flexibility index (Phi) is 4.62. The third-order valence-electron chi connectivity index (χ3n) is 5.52. The molecule has 2 aliphatic rings. The topological polar surface area (TPSA) is 81.9 Å². The highest BCUT2D eigenvalue weighted by Crippen LogP contribution is 2.35. The molecule has 2 saturated heterocycles. The van der Waals surface area contributed by atoms with Gasteiger partial charge in [-0.2, -0.15) is 4.31 Å². The molecule has 1 spiro atoms. The number of rotatable bonds is 3. The Bertz CT molecular complexity index is 950. The molecule has 1 aromatic heterocycles. The molecule has 0 amide bonds. The molecule has 146 valence electrons. The van der Waals surface area contributed by atoms with Crippen molar-refractivity contribution in [3.8, 4) is 11.3 Å². The number of benzene rings is 1. The van der Waals surface area contributed by atoms with Crippen molar-refractivity contribution < 1.29 is 22.4 Å². The first-order chi connectivity index (χ1) is 12.8. The van der Waals surface area contributed by atoms with E-state index < -0.39 is 15.8 Å². The first kappa shape index (κ1) is 18.6. The quantitative estimate of drug-likeness (QED) is 0.799. The lowest BCUT2D eigenvalue weighted by atomic mass is 10.1. The maximum Gasteiger partial charge on any atom is 0.243 e. The largest absolute Gasteiger partial charge is 0.356 e. The van der Waals surface area contributed by atoms with Gasteiger partial charge in [-0.15, -0.1) is 0 Å². The highest BCUT2D eigenvalue weighted by Gasteiger charge is 2.43. The molecule has 2 aliphatic heterocycles. The SMILES string of the molecule is Cc1ccc(-c2onc(C)c2C)cc1S(=O)(=O)N1CCC2(CC1)OCCO2. The highest BCUT2D eigenvalue weighted by atomic mass is 32.2. The van der Waals surface area contributed by atoms with Crippen molar-refractivity contribution in [2.45, 2.75) is 44.3 Å². The van der Waals surface area contributed by atoms with E-state index in [-0.39, 0.29) is 0 Å². The van der Waals surface area contributed by atoms with Crippen molar-refractivity contribution in [2.75, 3.05) is 26.3 Å². The van der Waals surface area contributed by atoms with Crippen LogP contribution in [0.25, 0.3) is 11.3 Å². The fraction of sp³-hybridized carbons (Fsp3) is 0.526. The zero-order valence-corrected chi connectivity index (χ0v) is 16.6. The lowest BCUT2D eigenvalue weighted by Crippen LogP contribution is -2.47. The summed E-state index contributed by atoms with van der Waals surface area (Å²) in [7, 11) is -3.62. The summed E-state index contributed by atoms with van der Waals surface area (Å²) in [6.45, 7) is 7.50. The van der Waals surface area contributed by atoms with Crippen LogP contribution in [0.5, 0.6) is 0 Å². The van der Waals surface area contributed by atoms with Crippen LogP contribution < -0.4 is 0 Å². The predicted octanol–water partition coefficient (Wildman–Crippen LogP) is 2.79. The van der Waals surface area contributed by atoms with E-state index in [1.165, 1.54) is 4.31 Å². The Labute approximate surface area is 159 Å². The van der Waals surface area contributed by atoms with Gasteiger partial charge in [-0.3, -0.25) is 0 Å². The van der Waals surface area contributed by atoms with Gasteiger partial charge in [-0.1, -0.05) is 17.3 Å². The van der Waals surface area contributed by atoms with E-state index in [4.69, 9.17) is 14.0 Å². The molecule has 0 bridgehead atoms. The summed E-state index contributed by atoms with van der Waals surface area (Å²) >= 11 is 0. The summed E-state index contributed by atoms with van der Waals surface area (Å²) in [6.07, 6.45) is 1.09. The summed E-state index contributed by atoms with van der Waals surface area (Å²) in [5.74, 6) is 0.00602. The molecule has 27 heavy (non-hydrogen) atoms. The molecule has 2 fully saturated rings. The van der Waals surface area contributed by atoms with Crippen LogP contribution >= 0.6 is 0 Å². The van der Waals surface area contributed by atoms with E-state index in [1.807, 2.05) is 32.9 Å². The smallest absolute Gasteiger partial charge is 0.243 e. The molecule has 0 unspecified atom stereocenters. The second-order valence-electron chi connectivity index (χ2n) is 7.21. The first-order valence-corrected chi connectivity index (χ1v) is 10.6. The molecular formula is C19H24N2O5S. The van der Waals surface area contributed by atoms with Crippen molar-refractivity contribution >= 4 is 10.0 Å². The standard InChI is InChI=1S/C19H24N2O5S/c1-13-4-5-16(18-14(2)15(3)20-26-18)12-17(13)27(22,23)21-8-6-19(7-9-21)24-10-11-25-19/h4-5,12H,6-11H2,1-3H3. The molecule has 0 saturated carbocycles. The average molecular weight is 392 g/mol. The van der Waals surface area contributed by atoms with E-state index >= 15 is 0 Å². The van der Waals surface area contributed by atoms with Crippen molar-refractivity contribution in [3.05, 3.63) is 35.0 Å². The van der Waals surface area contributed by atoms with E-state index in [2.05, 4.69) is 5.16 Å². The van der Waals surface area contributed by atoms with Gasteiger partial charge in [0.25, 0.3) is 0 Å². The third kappa shape index (κ3) is 3.20. The van der Waals surface area contributed by atoms with E-state index in [0.29, 0.717) is 60.9 Å². The summed E-state index contributed by atoms with van der Waals surface area (Å²) in [5, 5.41) is 3.97. The van der Waals surface area contributed by atoms with Crippen LogP contribution in [-0.2, 0) is 19.5 Å². The molecular weight excluding hydrogens is 368 g/mol. The lowest BCUT2D eigenvalue weighted by Gasteiger charge is -2.37. The Balaban J connectivity index is 1.64. The van der Waals surface area contributed by atoms with Gasteiger partial charge in [0, 0.05) is 37.1 Å². The van der Waals surface area contributed by atoms with Gasteiger partial charge in [0.05, 0.1) is 23.8 Å². The number of aryl methyl sites for hydroxylation is 2. The van der Waals surface area contributed by atoms with Crippen LogP contribution in [0.3, 0.4) is 0 Å². The maximum atomic E-state index is 13.3. The van der Waals surface area contributed by atoms with Crippen molar-refractivity contribution in [3.63, 3.8) is 0 Å². The van der Waals surface area contributed by atoms with Crippen LogP contribution in [0.1, 0.15) is 29.7 Å². The average Bonchev–Trinajstić information content (AvgIpc) is 3.23.